The minimum absolute atomic E-state index is 0.198. The number of ether oxygens (including phenoxy) is 1. The fourth-order valence-corrected chi connectivity index (χ4v) is 3.74. The average Bonchev–Trinajstić information content (AvgIpc) is 3.00. The van der Waals surface area contributed by atoms with Crippen LogP contribution < -0.4 is 11.3 Å². The molecule has 2 fully saturated rings. The van der Waals surface area contributed by atoms with E-state index in [1.807, 2.05) is 0 Å². The highest BCUT2D eigenvalue weighted by Gasteiger charge is 2.39. The molecule has 0 aliphatic carbocycles. The minimum Gasteiger partial charge on any atom is -0.381 e. The van der Waals surface area contributed by atoms with E-state index in [-0.39, 0.29) is 5.54 Å². The Morgan fingerprint density at radius 3 is 2.47 bits per heavy atom. The normalized spacial score (nSPS) is 27.3. The van der Waals surface area contributed by atoms with Crippen molar-refractivity contribution in [3.05, 3.63) is 0 Å². The molecule has 2 saturated heterocycles. The van der Waals surface area contributed by atoms with Crippen LogP contribution >= 0.6 is 0 Å². The monoisotopic (exact) mass is 269 g/mol. The van der Waals surface area contributed by atoms with Gasteiger partial charge in [0, 0.05) is 24.8 Å². The summed E-state index contributed by atoms with van der Waals surface area (Å²) in [7, 11) is 0. The number of rotatable bonds is 6. The van der Waals surface area contributed by atoms with E-state index >= 15 is 0 Å². The van der Waals surface area contributed by atoms with Crippen molar-refractivity contribution in [2.45, 2.75) is 64.0 Å². The smallest absolute Gasteiger partial charge is 0.0468 e. The van der Waals surface area contributed by atoms with Gasteiger partial charge < -0.3 is 4.74 Å². The molecule has 0 aromatic heterocycles. The summed E-state index contributed by atoms with van der Waals surface area (Å²) in [4.78, 5) is 2.65. The molecule has 0 amide bonds. The van der Waals surface area contributed by atoms with Gasteiger partial charge in [0.15, 0.2) is 0 Å². The first-order chi connectivity index (χ1) is 9.20. The molecule has 0 aromatic rings. The van der Waals surface area contributed by atoms with Crippen molar-refractivity contribution in [2.24, 2.45) is 11.8 Å². The molecule has 2 atom stereocenters. The zero-order valence-corrected chi connectivity index (χ0v) is 12.7. The molecule has 0 aromatic carbocycles. The van der Waals surface area contributed by atoms with Crippen LogP contribution in [0.5, 0.6) is 0 Å². The Balaban J connectivity index is 1.99. The maximum Gasteiger partial charge on any atom is 0.0468 e. The lowest BCUT2D eigenvalue weighted by Crippen LogP contribution is -2.60. The molecular formula is C15H31N3O. The molecule has 3 N–H and O–H groups in total. The maximum absolute atomic E-state index is 5.91. The molecule has 2 aliphatic rings. The average molecular weight is 269 g/mol. The van der Waals surface area contributed by atoms with Crippen molar-refractivity contribution < 1.29 is 4.74 Å². The third-order valence-electron chi connectivity index (χ3n) is 5.41. The van der Waals surface area contributed by atoms with Crippen molar-refractivity contribution in [2.75, 3.05) is 26.3 Å². The molecule has 4 nitrogen and oxygen atoms in total. The molecule has 2 unspecified atom stereocenters. The van der Waals surface area contributed by atoms with Crippen molar-refractivity contribution in [3.8, 4) is 0 Å². The summed E-state index contributed by atoms with van der Waals surface area (Å²) in [6, 6.07) is 0.388. The van der Waals surface area contributed by atoms with Crippen molar-refractivity contribution in [1.82, 2.24) is 10.3 Å². The Morgan fingerprint density at radius 2 is 1.95 bits per heavy atom. The largest absolute Gasteiger partial charge is 0.381 e. The maximum atomic E-state index is 5.91. The Hall–Kier alpha value is -0.160. The van der Waals surface area contributed by atoms with Gasteiger partial charge in [0.2, 0.25) is 0 Å². The van der Waals surface area contributed by atoms with Gasteiger partial charge in [0.05, 0.1) is 0 Å². The van der Waals surface area contributed by atoms with Gasteiger partial charge in [-0.15, -0.1) is 0 Å². The first-order valence-corrected chi connectivity index (χ1v) is 7.99. The number of nitrogens with two attached hydrogens (primary N) is 1. The van der Waals surface area contributed by atoms with E-state index in [0.717, 1.165) is 25.6 Å². The third-order valence-corrected chi connectivity index (χ3v) is 5.41. The van der Waals surface area contributed by atoms with Crippen LogP contribution in [0.1, 0.15) is 52.4 Å². The molecule has 19 heavy (non-hydrogen) atoms. The molecule has 2 aliphatic heterocycles. The summed E-state index contributed by atoms with van der Waals surface area (Å²) in [5.74, 6) is 6.68. The highest BCUT2D eigenvalue weighted by Crippen LogP contribution is 2.32. The van der Waals surface area contributed by atoms with Crippen LogP contribution in [0.3, 0.4) is 0 Å². The van der Waals surface area contributed by atoms with Crippen LogP contribution in [0.4, 0.5) is 0 Å². The number of nitrogens with zero attached hydrogens (tertiary/aromatic N) is 1. The van der Waals surface area contributed by atoms with E-state index in [4.69, 9.17) is 10.6 Å². The van der Waals surface area contributed by atoms with Gasteiger partial charge in [0.25, 0.3) is 0 Å². The van der Waals surface area contributed by atoms with Crippen LogP contribution in [-0.4, -0.2) is 42.8 Å². The predicted octanol–water partition coefficient (Wildman–Crippen LogP) is 1.90. The number of nitrogens with one attached hydrogen (secondary N) is 1. The van der Waals surface area contributed by atoms with Crippen molar-refractivity contribution in [3.63, 3.8) is 0 Å². The molecule has 2 rings (SSSR count). The van der Waals surface area contributed by atoms with Gasteiger partial charge in [-0.25, -0.2) is 0 Å². The molecule has 0 radical (unpaired) electrons. The Bertz CT molecular complexity index is 262. The summed E-state index contributed by atoms with van der Waals surface area (Å²) in [6.07, 6.45) is 7.40. The minimum atomic E-state index is 0.198. The summed E-state index contributed by atoms with van der Waals surface area (Å²) >= 11 is 0. The van der Waals surface area contributed by atoms with E-state index in [1.165, 1.54) is 45.2 Å². The van der Waals surface area contributed by atoms with Gasteiger partial charge in [-0.3, -0.25) is 16.2 Å². The van der Waals surface area contributed by atoms with Crippen molar-refractivity contribution >= 4 is 0 Å². The number of hydrogen-bond acceptors (Lipinski definition) is 4. The fraction of sp³-hybridized carbons (Fsp3) is 1.00. The van der Waals surface area contributed by atoms with Gasteiger partial charge in [-0.05, 0) is 64.5 Å². The molecule has 2 heterocycles. The van der Waals surface area contributed by atoms with E-state index in [0.29, 0.717) is 6.04 Å². The topological polar surface area (TPSA) is 50.5 Å². The molecule has 112 valence electrons. The highest BCUT2D eigenvalue weighted by molar-refractivity contribution is 4.98. The molecule has 4 heteroatoms. The first-order valence-electron chi connectivity index (χ1n) is 7.99. The Labute approximate surface area is 118 Å². The lowest BCUT2D eigenvalue weighted by molar-refractivity contribution is 0.0357. The van der Waals surface area contributed by atoms with Crippen LogP contribution in [0.15, 0.2) is 0 Å². The van der Waals surface area contributed by atoms with Gasteiger partial charge in [-0.2, -0.15) is 0 Å². The Morgan fingerprint density at radius 1 is 1.32 bits per heavy atom. The zero-order valence-electron chi connectivity index (χ0n) is 12.7. The first kappa shape index (κ1) is 15.2. The summed E-state index contributed by atoms with van der Waals surface area (Å²) < 4.78 is 5.46. The fourth-order valence-electron chi connectivity index (χ4n) is 3.74. The van der Waals surface area contributed by atoms with Gasteiger partial charge in [0.1, 0.15) is 0 Å². The standard InChI is InChI=1S/C15H31N3O/c1-3-15(2,18-8-4-5-9-18)14(17-16)12-13-6-10-19-11-7-13/h13-14,17H,3-12,16H2,1-2H3. The summed E-state index contributed by atoms with van der Waals surface area (Å²) in [6.45, 7) is 9.00. The quantitative estimate of drug-likeness (QED) is 0.571. The lowest BCUT2D eigenvalue weighted by atomic mass is 9.80. The second kappa shape index (κ2) is 7.02. The van der Waals surface area contributed by atoms with Crippen LogP contribution in [0.25, 0.3) is 0 Å². The van der Waals surface area contributed by atoms with Gasteiger partial charge >= 0.3 is 0 Å². The molecular weight excluding hydrogens is 238 g/mol. The van der Waals surface area contributed by atoms with E-state index in [1.54, 1.807) is 0 Å². The van der Waals surface area contributed by atoms with E-state index < -0.39 is 0 Å². The third kappa shape index (κ3) is 3.48. The van der Waals surface area contributed by atoms with Crippen molar-refractivity contribution in [1.29, 1.82) is 0 Å². The van der Waals surface area contributed by atoms with Crippen LogP contribution in [-0.2, 0) is 4.74 Å². The molecule has 0 saturated carbocycles. The van der Waals surface area contributed by atoms with E-state index in [2.05, 4.69) is 24.2 Å². The zero-order chi connectivity index (χ0) is 13.7. The van der Waals surface area contributed by atoms with Gasteiger partial charge in [-0.1, -0.05) is 6.92 Å². The second-order valence-electron chi connectivity index (χ2n) is 6.42. The number of likely N-dealkylation sites (tertiary alicyclic amines) is 1. The second-order valence-corrected chi connectivity index (χ2v) is 6.42. The highest BCUT2D eigenvalue weighted by atomic mass is 16.5. The van der Waals surface area contributed by atoms with Crippen LogP contribution in [0, 0.1) is 5.92 Å². The summed E-state index contributed by atoms with van der Waals surface area (Å²) in [5.41, 5.74) is 3.33. The van der Waals surface area contributed by atoms with E-state index in [9.17, 15) is 0 Å². The SMILES string of the molecule is CCC(C)(C(CC1CCOCC1)NN)N1CCCC1. The summed E-state index contributed by atoms with van der Waals surface area (Å²) in [5, 5.41) is 0. The number of hydrazine groups is 1. The lowest BCUT2D eigenvalue weighted by Gasteiger charge is -2.45. The Kier molecular flexibility index (Phi) is 5.63. The predicted molar refractivity (Wildman–Crippen MR) is 78.8 cm³/mol. The number of hydrogen-bond donors (Lipinski definition) is 2. The molecule has 0 spiro atoms. The molecule has 0 bridgehead atoms. The van der Waals surface area contributed by atoms with Crippen LogP contribution in [0.2, 0.25) is 0 Å².